The molecule has 3 aromatic heterocycles. The largest absolute Gasteiger partial charge is 0.495 e. The molecule has 0 fully saturated rings. The van der Waals surface area contributed by atoms with Crippen LogP contribution in [-0.4, -0.2) is 49.1 Å². The number of carbonyl (C=O) groups is 2. The molecule has 0 bridgehead atoms. The molecule has 36 heavy (non-hydrogen) atoms. The summed E-state index contributed by atoms with van der Waals surface area (Å²) in [5.74, 6) is -0.803. The number of methoxy groups -OCH3 is 1. The number of aromatic carboxylic acids is 1. The fourth-order valence-electron chi connectivity index (χ4n) is 2.98. The van der Waals surface area contributed by atoms with Gasteiger partial charge in [-0.3, -0.25) is 4.79 Å². The van der Waals surface area contributed by atoms with E-state index in [1.807, 2.05) is 20.8 Å². The summed E-state index contributed by atoms with van der Waals surface area (Å²) < 4.78 is 6.76. The number of rotatable bonds is 7. The van der Waals surface area contributed by atoms with Crippen molar-refractivity contribution < 1.29 is 19.4 Å². The smallest absolute Gasteiger partial charge is 0.358 e. The molecular weight excluding hydrogens is 526 g/mol. The Bertz CT molecular complexity index is 1450. The minimum Gasteiger partial charge on any atom is -0.495 e. The zero-order valence-corrected chi connectivity index (χ0v) is 22.3. The quantitative estimate of drug-likeness (QED) is 0.282. The molecule has 0 aliphatic rings. The maximum Gasteiger partial charge on any atom is 0.358 e. The monoisotopic (exact) mass is 547 g/mol. The zero-order valence-electron chi connectivity index (χ0n) is 19.9. The minimum atomic E-state index is -1.20. The van der Waals surface area contributed by atoms with Gasteiger partial charge in [-0.05, 0) is 25.1 Å². The molecule has 0 saturated heterocycles. The lowest BCUT2D eigenvalue weighted by Gasteiger charge is -2.15. The molecule has 3 N–H and O–H groups in total. The second-order valence-corrected chi connectivity index (χ2v) is 11.0. The van der Waals surface area contributed by atoms with Crippen molar-refractivity contribution in [3.05, 3.63) is 40.8 Å². The molecule has 1 amide bonds. The molecule has 0 spiro atoms. The first-order valence-electron chi connectivity index (χ1n) is 10.5. The number of thiazole rings is 2. The van der Waals surface area contributed by atoms with Crippen LogP contribution in [-0.2, 0) is 4.79 Å². The number of carbonyl (C=O) groups excluding carboxylic acids is 1. The number of aromatic nitrogens is 5. The van der Waals surface area contributed by atoms with Crippen molar-refractivity contribution in [2.24, 2.45) is 5.41 Å². The summed E-state index contributed by atoms with van der Waals surface area (Å²) in [6, 6.07) is 5.15. The first-order chi connectivity index (χ1) is 17.0. The normalized spacial score (nSPS) is 11.4. The molecule has 14 heteroatoms. The average molecular weight is 548 g/mol. The standard InChI is InChI=1S/C22H22ClN7O4S2/c1-10-16(35-20(24-10)27-19(33)22(2,3)4)15-17(30-9-13(18(31)32)28-29-30)36-21(26-15)25-12-8-11(23)6-7-14(12)34-5/h6-9H,1-5H3,(H,25,26)(H,31,32)(H,24,27,33). The summed E-state index contributed by atoms with van der Waals surface area (Å²) in [4.78, 5) is 33.8. The van der Waals surface area contributed by atoms with Gasteiger partial charge >= 0.3 is 5.97 Å². The Morgan fingerprint density at radius 2 is 1.92 bits per heavy atom. The third-order valence-corrected chi connectivity index (χ3v) is 7.12. The lowest BCUT2D eigenvalue weighted by molar-refractivity contribution is -0.123. The molecule has 4 rings (SSSR count). The Morgan fingerprint density at radius 3 is 2.56 bits per heavy atom. The van der Waals surface area contributed by atoms with E-state index in [0.29, 0.717) is 48.0 Å². The van der Waals surface area contributed by atoms with Crippen LogP contribution in [0.1, 0.15) is 37.0 Å². The second-order valence-electron chi connectivity index (χ2n) is 8.63. The van der Waals surface area contributed by atoms with Crippen molar-refractivity contribution >= 4 is 62.1 Å². The van der Waals surface area contributed by atoms with E-state index in [-0.39, 0.29) is 11.6 Å². The van der Waals surface area contributed by atoms with Gasteiger partial charge < -0.3 is 20.5 Å². The fourth-order valence-corrected chi connectivity index (χ4v) is 5.07. The zero-order chi connectivity index (χ0) is 26.2. The van der Waals surface area contributed by atoms with Crippen LogP contribution in [0.2, 0.25) is 5.02 Å². The third-order valence-electron chi connectivity index (χ3n) is 4.85. The van der Waals surface area contributed by atoms with Crippen LogP contribution in [0.15, 0.2) is 24.4 Å². The number of ether oxygens (including phenoxy) is 1. The van der Waals surface area contributed by atoms with Gasteiger partial charge in [-0.2, -0.15) is 0 Å². The molecule has 0 unspecified atom stereocenters. The van der Waals surface area contributed by atoms with E-state index in [2.05, 4.69) is 25.9 Å². The first kappa shape index (κ1) is 25.5. The van der Waals surface area contributed by atoms with Crippen LogP contribution in [0.3, 0.4) is 0 Å². The number of carboxylic acids is 1. The van der Waals surface area contributed by atoms with Crippen molar-refractivity contribution in [1.82, 2.24) is 25.0 Å². The van der Waals surface area contributed by atoms with Gasteiger partial charge in [0.25, 0.3) is 0 Å². The van der Waals surface area contributed by atoms with E-state index in [1.165, 1.54) is 33.6 Å². The number of halogens is 1. The van der Waals surface area contributed by atoms with Crippen LogP contribution >= 0.6 is 34.3 Å². The van der Waals surface area contributed by atoms with Gasteiger partial charge in [-0.1, -0.05) is 60.3 Å². The molecule has 0 saturated carbocycles. The summed E-state index contributed by atoms with van der Waals surface area (Å²) in [6.07, 6.45) is 1.31. The highest BCUT2D eigenvalue weighted by atomic mass is 35.5. The molecular formula is C22H22ClN7O4S2. The molecule has 0 aliphatic carbocycles. The van der Waals surface area contributed by atoms with E-state index < -0.39 is 11.4 Å². The maximum absolute atomic E-state index is 12.5. The number of nitrogens with zero attached hydrogens (tertiary/aromatic N) is 5. The first-order valence-corrected chi connectivity index (χ1v) is 12.5. The molecule has 3 heterocycles. The summed E-state index contributed by atoms with van der Waals surface area (Å²) in [5.41, 5.74) is 0.935. The number of hydrogen-bond acceptors (Lipinski definition) is 10. The van der Waals surface area contributed by atoms with Crippen LogP contribution in [0.5, 0.6) is 5.75 Å². The topological polar surface area (TPSA) is 144 Å². The highest BCUT2D eigenvalue weighted by Gasteiger charge is 2.26. The van der Waals surface area contributed by atoms with Crippen molar-refractivity contribution in [1.29, 1.82) is 0 Å². The summed E-state index contributed by atoms with van der Waals surface area (Å²) >= 11 is 8.65. The van der Waals surface area contributed by atoms with Gasteiger partial charge in [-0.15, -0.1) is 5.10 Å². The van der Waals surface area contributed by atoms with Crippen molar-refractivity contribution in [3.8, 4) is 21.3 Å². The van der Waals surface area contributed by atoms with Gasteiger partial charge in [-0.25, -0.2) is 19.4 Å². The van der Waals surface area contributed by atoms with Crippen LogP contribution < -0.4 is 15.4 Å². The lowest BCUT2D eigenvalue weighted by Crippen LogP contribution is -2.27. The van der Waals surface area contributed by atoms with E-state index >= 15 is 0 Å². The minimum absolute atomic E-state index is 0.168. The van der Waals surface area contributed by atoms with Gasteiger partial charge in [0.1, 0.15) is 16.4 Å². The van der Waals surface area contributed by atoms with E-state index in [1.54, 1.807) is 32.2 Å². The Kier molecular flexibility index (Phi) is 6.98. The Labute approximate surface area is 219 Å². The highest BCUT2D eigenvalue weighted by molar-refractivity contribution is 7.21. The third kappa shape index (κ3) is 5.32. The molecule has 1 aromatic carbocycles. The van der Waals surface area contributed by atoms with Gasteiger partial charge in [0.2, 0.25) is 5.91 Å². The molecule has 188 valence electrons. The summed E-state index contributed by atoms with van der Waals surface area (Å²) in [5, 5.41) is 25.0. The highest BCUT2D eigenvalue weighted by Crippen LogP contribution is 2.42. The second kappa shape index (κ2) is 9.84. The summed E-state index contributed by atoms with van der Waals surface area (Å²) in [6.45, 7) is 7.25. The number of aryl methyl sites for hydroxylation is 1. The van der Waals surface area contributed by atoms with Crippen LogP contribution in [0, 0.1) is 12.3 Å². The number of anilines is 3. The predicted octanol–water partition coefficient (Wildman–Crippen LogP) is 5.24. The number of benzene rings is 1. The number of carboxylic acid groups (broad SMARTS) is 1. The molecule has 0 atom stereocenters. The Morgan fingerprint density at radius 1 is 1.17 bits per heavy atom. The average Bonchev–Trinajstić information content (AvgIpc) is 3.51. The molecule has 4 aromatic rings. The number of amides is 1. The van der Waals surface area contributed by atoms with Gasteiger partial charge in [0.05, 0.1) is 29.6 Å². The lowest BCUT2D eigenvalue weighted by atomic mass is 9.96. The molecule has 11 nitrogen and oxygen atoms in total. The maximum atomic E-state index is 12.5. The molecule has 0 radical (unpaired) electrons. The van der Waals surface area contributed by atoms with E-state index in [9.17, 15) is 14.7 Å². The van der Waals surface area contributed by atoms with Crippen molar-refractivity contribution in [3.63, 3.8) is 0 Å². The Hall–Kier alpha value is -3.55. The van der Waals surface area contributed by atoms with Gasteiger partial charge in [0, 0.05) is 10.4 Å². The van der Waals surface area contributed by atoms with Crippen molar-refractivity contribution in [2.75, 3.05) is 17.7 Å². The molecule has 0 aliphatic heterocycles. The number of nitrogens with one attached hydrogen (secondary N) is 2. The number of hydrogen-bond donors (Lipinski definition) is 3. The van der Waals surface area contributed by atoms with Crippen LogP contribution in [0.4, 0.5) is 16.0 Å². The summed E-state index contributed by atoms with van der Waals surface area (Å²) in [7, 11) is 1.55. The predicted molar refractivity (Wildman–Crippen MR) is 139 cm³/mol. The SMILES string of the molecule is COc1ccc(Cl)cc1Nc1nc(-c2sc(NC(=O)C(C)(C)C)nc2C)c(-n2cc(C(=O)O)nn2)s1. The van der Waals surface area contributed by atoms with Crippen LogP contribution in [0.25, 0.3) is 15.6 Å². The van der Waals surface area contributed by atoms with Gasteiger partial charge in [0.15, 0.2) is 16.0 Å². The fraction of sp³-hybridized carbons (Fsp3) is 0.273. The van der Waals surface area contributed by atoms with E-state index in [0.717, 1.165) is 0 Å². The Balaban J connectivity index is 1.79. The van der Waals surface area contributed by atoms with Crippen molar-refractivity contribution in [2.45, 2.75) is 27.7 Å². The van der Waals surface area contributed by atoms with E-state index in [4.69, 9.17) is 21.3 Å².